The maximum atomic E-state index is 12.6. The average Bonchev–Trinajstić information content (AvgIpc) is 3.47. The third-order valence-corrected chi connectivity index (χ3v) is 17.8. The number of amides is 1. The summed E-state index contributed by atoms with van der Waals surface area (Å²) in [5.41, 5.74) is 0. The molecule has 3 N–H and O–H groups in total. The number of unbranched alkanes of at least 4 members (excludes halogenated alkanes) is 58. The van der Waals surface area contributed by atoms with E-state index < -0.39 is 12.1 Å². The summed E-state index contributed by atoms with van der Waals surface area (Å²) < 4.78 is 5.50. The first-order valence-corrected chi connectivity index (χ1v) is 37.4. The summed E-state index contributed by atoms with van der Waals surface area (Å²) >= 11 is 0. The zero-order valence-corrected chi connectivity index (χ0v) is 55.3. The number of esters is 1. The molecule has 0 aliphatic carbocycles. The SMILES string of the molecule is CCCCCCCCCCCCCCCCCCCCCCCCCC(O)C(CO)NC(=O)CCCCCCCCCCCCC/C=C\CCCCCCCCCCCCCCOC(=O)CCCCCCCCCCCCCCCC. The molecule has 81 heavy (non-hydrogen) atoms. The minimum Gasteiger partial charge on any atom is -0.466 e. The van der Waals surface area contributed by atoms with Crippen LogP contribution in [0.15, 0.2) is 12.2 Å². The highest BCUT2D eigenvalue weighted by molar-refractivity contribution is 5.76. The van der Waals surface area contributed by atoms with Crippen molar-refractivity contribution in [1.29, 1.82) is 0 Å². The largest absolute Gasteiger partial charge is 0.466 e. The lowest BCUT2D eigenvalue weighted by atomic mass is 10.0. The lowest BCUT2D eigenvalue weighted by Crippen LogP contribution is -2.45. The van der Waals surface area contributed by atoms with E-state index >= 15 is 0 Å². The number of hydrogen-bond acceptors (Lipinski definition) is 5. The Hall–Kier alpha value is -1.40. The second-order valence-corrected chi connectivity index (χ2v) is 26.0. The van der Waals surface area contributed by atoms with E-state index in [2.05, 4.69) is 31.3 Å². The number of aliphatic hydroxyl groups is 2. The zero-order valence-electron chi connectivity index (χ0n) is 55.3. The van der Waals surface area contributed by atoms with Gasteiger partial charge in [-0.2, -0.15) is 0 Å². The Kier molecular flexibility index (Phi) is 69.9. The maximum Gasteiger partial charge on any atom is 0.305 e. The van der Waals surface area contributed by atoms with Crippen LogP contribution in [0.2, 0.25) is 0 Å². The van der Waals surface area contributed by atoms with Gasteiger partial charge < -0.3 is 20.3 Å². The van der Waals surface area contributed by atoms with Gasteiger partial charge in [0, 0.05) is 12.8 Å². The molecule has 0 aliphatic heterocycles. The van der Waals surface area contributed by atoms with E-state index in [4.69, 9.17) is 4.74 Å². The van der Waals surface area contributed by atoms with Crippen LogP contribution in [-0.4, -0.2) is 47.4 Å². The first-order chi connectivity index (χ1) is 40.0. The molecule has 2 atom stereocenters. The number of ether oxygens (including phenoxy) is 1. The van der Waals surface area contributed by atoms with Gasteiger partial charge in [-0.05, 0) is 51.4 Å². The molecule has 6 nitrogen and oxygen atoms in total. The van der Waals surface area contributed by atoms with Crippen molar-refractivity contribution in [1.82, 2.24) is 5.32 Å². The summed E-state index contributed by atoms with van der Waals surface area (Å²) in [6, 6.07) is -0.543. The fraction of sp³-hybridized carbons (Fsp3) is 0.947. The lowest BCUT2D eigenvalue weighted by molar-refractivity contribution is -0.143. The third kappa shape index (κ3) is 67.6. The Morgan fingerprint density at radius 2 is 0.580 bits per heavy atom. The van der Waals surface area contributed by atoms with Crippen LogP contribution in [0.25, 0.3) is 0 Å². The van der Waals surface area contributed by atoms with E-state index in [0.29, 0.717) is 25.9 Å². The Labute approximate surface area is 508 Å². The fourth-order valence-electron chi connectivity index (χ4n) is 12.1. The van der Waals surface area contributed by atoms with Crippen LogP contribution in [0, 0.1) is 0 Å². The molecule has 0 aliphatic rings. The predicted octanol–water partition coefficient (Wildman–Crippen LogP) is 24.3. The Bertz CT molecular complexity index is 1220. The van der Waals surface area contributed by atoms with E-state index in [0.717, 1.165) is 38.5 Å². The van der Waals surface area contributed by atoms with Crippen molar-refractivity contribution in [2.45, 2.75) is 443 Å². The second kappa shape index (κ2) is 71.1. The van der Waals surface area contributed by atoms with Crippen LogP contribution in [-0.2, 0) is 14.3 Å². The first-order valence-electron chi connectivity index (χ1n) is 37.4. The van der Waals surface area contributed by atoms with Gasteiger partial charge in [-0.3, -0.25) is 9.59 Å². The van der Waals surface area contributed by atoms with Crippen LogP contribution in [0.4, 0.5) is 0 Å². The highest BCUT2D eigenvalue weighted by Crippen LogP contribution is 2.20. The van der Waals surface area contributed by atoms with Crippen molar-refractivity contribution < 1.29 is 24.5 Å². The molecule has 2 unspecified atom stereocenters. The molecule has 6 heteroatoms. The number of nitrogens with one attached hydrogen (secondary N) is 1. The van der Waals surface area contributed by atoms with E-state index in [-0.39, 0.29) is 18.5 Å². The predicted molar refractivity (Wildman–Crippen MR) is 357 cm³/mol. The summed E-state index contributed by atoms with van der Waals surface area (Å²) in [7, 11) is 0. The second-order valence-electron chi connectivity index (χ2n) is 26.0. The summed E-state index contributed by atoms with van der Waals surface area (Å²) in [5, 5.41) is 23.5. The molecule has 0 heterocycles. The molecule has 0 aromatic carbocycles. The summed E-state index contributed by atoms with van der Waals surface area (Å²) in [5.74, 6) is -0.0116. The molecule has 0 spiro atoms. The van der Waals surface area contributed by atoms with Crippen LogP contribution in [0.1, 0.15) is 431 Å². The fourth-order valence-corrected chi connectivity index (χ4v) is 12.1. The van der Waals surface area contributed by atoms with Crippen molar-refractivity contribution in [2.24, 2.45) is 0 Å². The van der Waals surface area contributed by atoms with Crippen LogP contribution in [0.5, 0.6) is 0 Å². The normalized spacial score (nSPS) is 12.5. The van der Waals surface area contributed by atoms with Crippen molar-refractivity contribution in [3.63, 3.8) is 0 Å². The molecule has 0 rings (SSSR count). The quantitative estimate of drug-likeness (QED) is 0.0320. The molecular formula is C75H147NO5. The number of allylic oxidation sites excluding steroid dienone is 2. The average molecular weight is 1140 g/mol. The first kappa shape index (κ1) is 79.6. The van der Waals surface area contributed by atoms with Gasteiger partial charge in [0.15, 0.2) is 0 Å². The molecule has 0 aromatic heterocycles. The van der Waals surface area contributed by atoms with Gasteiger partial charge in [-0.15, -0.1) is 0 Å². The van der Waals surface area contributed by atoms with Gasteiger partial charge in [0.05, 0.1) is 25.4 Å². The molecule has 0 bridgehead atoms. The van der Waals surface area contributed by atoms with Crippen molar-refractivity contribution >= 4 is 11.9 Å². The number of carbonyl (C=O) groups is 2. The van der Waals surface area contributed by atoms with Gasteiger partial charge in [-0.1, -0.05) is 379 Å². The number of carbonyl (C=O) groups excluding carboxylic acids is 2. The Morgan fingerprint density at radius 1 is 0.333 bits per heavy atom. The minimum absolute atomic E-state index is 0.0186. The Morgan fingerprint density at radius 3 is 0.877 bits per heavy atom. The number of rotatable bonds is 71. The standard InChI is InChI=1S/C75H147NO5/c1-3-5-7-9-11-13-15-17-19-20-21-22-28-31-34-37-40-43-47-51-55-59-63-67-73(78)72(71-77)76-74(79)68-64-60-56-52-48-44-41-38-35-32-29-26-24-23-25-27-30-33-36-39-42-46-50-54-58-62-66-70-81-75(80)69-65-61-57-53-49-45-18-16-14-12-10-8-6-4-2/h23-24,72-73,77-78H,3-22,25-71H2,1-2H3,(H,76,79)/b24-23-. The highest BCUT2D eigenvalue weighted by atomic mass is 16.5. The molecule has 0 saturated carbocycles. The van der Waals surface area contributed by atoms with Gasteiger partial charge >= 0.3 is 5.97 Å². The van der Waals surface area contributed by atoms with E-state index in [1.165, 1.54) is 360 Å². The van der Waals surface area contributed by atoms with E-state index in [9.17, 15) is 19.8 Å². The monoisotopic (exact) mass is 1140 g/mol. The van der Waals surface area contributed by atoms with Gasteiger partial charge in [0.25, 0.3) is 0 Å². The van der Waals surface area contributed by atoms with Gasteiger partial charge in [-0.25, -0.2) is 0 Å². The van der Waals surface area contributed by atoms with Crippen LogP contribution >= 0.6 is 0 Å². The smallest absolute Gasteiger partial charge is 0.305 e. The molecule has 0 radical (unpaired) electrons. The maximum absolute atomic E-state index is 12.6. The molecule has 0 fully saturated rings. The zero-order chi connectivity index (χ0) is 58.5. The molecule has 0 saturated heterocycles. The van der Waals surface area contributed by atoms with E-state index in [1.807, 2.05) is 0 Å². The number of hydrogen-bond donors (Lipinski definition) is 3. The molecule has 1 amide bonds. The summed E-state index contributed by atoms with van der Waals surface area (Å²) in [6.45, 7) is 5.00. The van der Waals surface area contributed by atoms with Crippen LogP contribution < -0.4 is 5.32 Å². The van der Waals surface area contributed by atoms with Crippen molar-refractivity contribution in [3.8, 4) is 0 Å². The molecular weight excluding hydrogens is 995 g/mol. The lowest BCUT2D eigenvalue weighted by Gasteiger charge is -2.22. The number of aliphatic hydroxyl groups excluding tert-OH is 2. The minimum atomic E-state index is -0.666. The van der Waals surface area contributed by atoms with Crippen molar-refractivity contribution in [3.05, 3.63) is 12.2 Å². The van der Waals surface area contributed by atoms with Gasteiger partial charge in [0.1, 0.15) is 0 Å². The summed E-state index contributed by atoms with van der Waals surface area (Å²) in [6.07, 6.45) is 88.5. The highest BCUT2D eigenvalue weighted by Gasteiger charge is 2.20. The summed E-state index contributed by atoms with van der Waals surface area (Å²) in [4.78, 5) is 24.6. The third-order valence-electron chi connectivity index (χ3n) is 17.8. The van der Waals surface area contributed by atoms with Gasteiger partial charge in [0.2, 0.25) is 5.91 Å². The molecule has 0 aromatic rings. The topological polar surface area (TPSA) is 95.9 Å². The van der Waals surface area contributed by atoms with Crippen molar-refractivity contribution in [2.75, 3.05) is 13.2 Å². The van der Waals surface area contributed by atoms with E-state index in [1.54, 1.807) is 0 Å². The van der Waals surface area contributed by atoms with Crippen LogP contribution in [0.3, 0.4) is 0 Å². The molecule has 482 valence electrons. The Balaban J connectivity index is 3.37.